The summed E-state index contributed by atoms with van der Waals surface area (Å²) in [5, 5.41) is 1.26. The highest BCUT2D eigenvalue weighted by molar-refractivity contribution is 5.90. The van der Waals surface area contributed by atoms with Gasteiger partial charge in [0.1, 0.15) is 0 Å². The highest BCUT2D eigenvalue weighted by atomic mass is 15.0. The zero-order valence-corrected chi connectivity index (χ0v) is 11.9. The lowest BCUT2D eigenvalue weighted by Gasteiger charge is -2.08. The fourth-order valence-corrected chi connectivity index (χ4v) is 2.90. The third kappa shape index (κ3) is 1.88. The molecule has 102 valence electrons. The molecule has 4 rings (SSSR count). The van der Waals surface area contributed by atoms with E-state index in [0.717, 1.165) is 0 Å². The maximum absolute atomic E-state index is 2.28. The van der Waals surface area contributed by atoms with E-state index >= 15 is 0 Å². The number of aryl methyl sites for hydroxylation is 1. The number of fused-ring (bicyclic) bond motifs is 1. The summed E-state index contributed by atoms with van der Waals surface area (Å²) in [5.74, 6) is 0. The van der Waals surface area contributed by atoms with Gasteiger partial charge >= 0.3 is 0 Å². The van der Waals surface area contributed by atoms with E-state index in [1.165, 1.54) is 27.8 Å². The van der Waals surface area contributed by atoms with Crippen LogP contribution in [0.2, 0.25) is 0 Å². The van der Waals surface area contributed by atoms with Crippen LogP contribution in [0.5, 0.6) is 0 Å². The average molecular weight is 272 g/mol. The third-order valence-corrected chi connectivity index (χ3v) is 3.95. The van der Waals surface area contributed by atoms with Crippen molar-refractivity contribution in [2.24, 2.45) is 0 Å². The minimum Gasteiger partial charge on any atom is -0.322 e. The van der Waals surface area contributed by atoms with Gasteiger partial charge in [-0.05, 0) is 36.8 Å². The Kier molecular flexibility index (Phi) is 2.68. The van der Waals surface area contributed by atoms with Crippen molar-refractivity contribution in [2.75, 3.05) is 0 Å². The molecular weight excluding hydrogens is 256 g/mol. The molecule has 0 unspecified atom stereocenters. The van der Waals surface area contributed by atoms with Crippen molar-refractivity contribution in [1.29, 1.82) is 0 Å². The molecule has 0 aliphatic carbocycles. The van der Waals surface area contributed by atoms with Crippen LogP contribution in [0.15, 0.2) is 79.3 Å². The minimum atomic E-state index is 1.21. The molecule has 21 heavy (non-hydrogen) atoms. The Labute approximate surface area is 123 Å². The fraction of sp³-hybridized carbons (Fsp3) is 0.0526. The predicted octanol–water partition coefficient (Wildman–Crippen LogP) is 4.73. The van der Waals surface area contributed by atoms with Gasteiger partial charge in [-0.3, -0.25) is 0 Å². The molecule has 0 atom stereocenters. The number of benzene rings is 2. The smallest absolute Gasteiger partial charge is 0.0711 e. The van der Waals surface area contributed by atoms with Crippen LogP contribution in [0.1, 0.15) is 5.56 Å². The zero-order valence-electron chi connectivity index (χ0n) is 11.9. The van der Waals surface area contributed by atoms with Gasteiger partial charge in [-0.1, -0.05) is 36.4 Å². The van der Waals surface area contributed by atoms with Crippen LogP contribution in [-0.4, -0.2) is 9.13 Å². The number of para-hydroxylation sites is 2. The molecule has 2 nitrogen and oxygen atoms in total. The summed E-state index contributed by atoms with van der Waals surface area (Å²) < 4.78 is 4.44. The first-order valence-corrected chi connectivity index (χ1v) is 7.14. The largest absolute Gasteiger partial charge is 0.322 e. The Balaban J connectivity index is 2.05. The van der Waals surface area contributed by atoms with Crippen LogP contribution in [0.3, 0.4) is 0 Å². The molecule has 0 fully saturated rings. The van der Waals surface area contributed by atoms with E-state index in [0.29, 0.717) is 0 Å². The molecule has 0 saturated carbocycles. The third-order valence-electron chi connectivity index (χ3n) is 3.95. The lowest BCUT2D eigenvalue weighted by molar-refractivity contribution is 1.05. The number of nitrogens with zero attached hydrogens (tertiary/aromatic N) is 2. The van der Waals surface area contributed by atoms with Crippen LogP contribution >= 0.6 is 0 Å². The van der Waals surface area contributed by atoms with Crippen molar-refractivity contribution in [2.45, 2.75) is 6.92 Å². The van der Waals surface area contributed by atoms with E-state index in [-0.39, 0.29) is 0 Å². The molecule has 0 aliphatic heterocycles. The second-order valence-electron chi connectivity index (χ2n) is 5.28. The Morgan fingerprint density at radius 1 is 0.714 bits per heavy atom. The number of hydrogen-bond acceptors (Lipinski definition) is 0. The molecule has 0 spiro atoms. The number of rotatable bonds is 2. The Bertz CT molecular complexity index is 898. The van der Waals surface area contributed by atoms with E-state index < -0.39 is 0 Å². The van der Waals surface area contributed by atoms with Crippen LogP contribution < -0.4 is 0 Å². The topological polar surface area (TPSA) is 9.86 Å². The van der Waals surface area contributed by atoms with Gasteiger partial charge in [-0.2, -0.15) is 0 Å². The molecule has 0 aliphatic rings. The van der Waals surface area contributed by atoms with E-state index in [9.17, 15) is 0 Å². The van der Waals surface area contributed by atoms with Crippen molar-refractivity contribution >= 4 is 10.9 Å². The van der Waals surface area contributed by atoms with Gasteiger partial charge in [0.25, 0.3) is 0 Å². The molecule has 2 aromatic heterocycles. The first-order chi connectivity index (χ1) is 10.3. The summed E-state index contributed by atoms with van der Waals surface area (Å²) in [4.78, 5) is 0. The Morgan fingerprint density at radius 3 is 2.24 bits per heavy atom. The normalized spacial score (nSPS) is 11.1. The predicted molar refractivity (Wildman–Crippen MR) is 87.3 cm³/mol. The van der Waals surface area contributed by atoms with Gasteiger partial charge in [0.2, 0.25) is 0 Å². The zero-order chi connectivity index (χ0) is 14.2. The van der Waals surface area contributed by atoms with Gasteiger partial charge in [0, 0.05) is 29.7 Å². The fourth-order valence-electron chi connectivity index (χ4n) is 2.90. The highest BCUT2D eigenvalue weighted by Gasteiger charge is 2.11. The average Bonchev–Trinajstić information content (AvgIpc) is 3.15. The lowest BCUT2D eigenvalue weighted by Crippen LogP contribution is -1.94. The van der Waals surface area contributed by atoms with E-state index in [1.54, 1.807) is 0 Å². The molecule has 0 amide bonds. The maximum atomic E-state index is 2.28. The van der Waals surface area contributed by atoms with Crippen molar-refractivity contribution < 1.29 is 0 Å². The molecule has 2 heterocycles. The van der Waals surface area contributed by atoms with Gasteiger partial charge in [-0.25, -0.2) is 0 Å². The van der Waals surface area contributed by atoms with Crippen molar-refractivity contribution in [3.63, 3.8) is 0 Å². The first-order valence-electron chi connectivity index (χ1n) is 7.14. The number of aromatic nitrogens is 2. The van der Waals surface area contributed by atoms with Crippen LogP contribution in [0.25, 0.3) is 22.3 Å². The summed E-state index contributed by atoms with van der Waals surface area (Å²) >= 11 is 0. The van der Waals surface area contributed by atoms with Gasteiger partial charge in [-0.15, -0.1) is 0 Å². The van der Waals surface area contributed by atoms with Crippen molar-refractivity contribution in [1.82, 2.24) is 9.13 Å². The van der Waals surface area contributed by atoms with Gasteiger partial charge < -0.3 is 9.13 Å². The van der Waals surface area contributed by atoms with Gasteiger partial charge in [0.15, 0.2) is 0 Å². The van der Waals surface area contributed by atoms with E-state index in [4.69, 9.17) is 0 Å². The molecule has 4 aromatic rings. The Hall–Kier alpha value is -2.74. The minimum absolute atomic E-state index is 1.21. The van der Waals surface area contributed by atoms with Crippen molar-refractivity contribution in [3.05, 3.63) is 84.8 Å². The Morgan fingerprint density at radius 2 is 1.43 bits per heavy atom. The molecule has 0 bridgehead atoms. The van der Waals surface area contributed by atoms with Crippen LogP contribution in [0.4, 0.5) is 0 Å². The standard InChI is InChI=1S/C19H16N2/c1-15-8-2-4-10-17(15)21-14-19(20-12-6-7-13-20)16-9-3-5-11-18(16)21/h2-14H,1H3. The number of hydrogen-bond donors (Lipinski definition) is 0. The summed E-state index contributed by atoms with van der Waals surface area (Å²) in [6, 6.07) is 21.1. The molecule has 2 heteroatoms. The van der Waals surface area contributed by atoms with Crippen molar-refractivity contribution in [3.8, 4) is 11.4 Å². The summed E-state index contributed by atoms with van der Waals surface area (Å²) in [6.45, 7) is 2.15. The second-order valence-corrected chi connectivity index (χ2v) is 5.28. The maximum Gasteiger partial charge on any atom is 0.0711 e. The molecular formula is C19H16N2. The summed E-state index contributed by atoms with van der Waals surface area (Å²) in [7, 11) is 0. The summed E-state index contributed by atoms with van der Waals surface area (Å²) in [5.41, 5.74) is 4.94. The summed E-state index contributed by atoms with van der Waals surface area (Å²) in [6.07, 6.45) is 6.39. The van der Waals surface area contributed by atoms with Gasteiger partial charge in [0.05, 0.1) is 11.2 Å². The quantitative estimate of drug-likeness (QED) is 0.499. The molecule has 2 aromatic carbocycles. The van der Waals surface area contributed by atoms with E-state index in [1.807, 2.05) is 0 Å². The highest BCUT2D eigenvalue weighted by Crippen LogP contribution is 2.28. The second kappa shape index (κ2) is 4.67. The molecule has 0 saturated heterocycles. The molecule has 0 N–H and O–H groups in total. The van der Waals surface area contributed by atoms with E-state index in [2.05, 4.69) is 95.3 Å². The van der Waals surface area contributed by atoms with Crippen LogP contribution in [0, 0.1) is 6.92 Å². The lowest BCUT2D eigenvalue weighted by atomic mass is 10.2. The van der Waals surface area contributed by atoms with Crippen LogP contribution in [-0.2, 0) is 0 Å². The SMILES string of the molecule is Cc1ccccc1-n1cc(-n2cccc2)c2ccccc21. The molecule has 0 radical (unpaired) electrons. The first kappa shape index (κ1) is 12.0. The monoisotopic (exact) mass is 272 g/mol.